The summed E-state index contributed by atoms with van der Waals surface area (Å²) in [7, 11) is 0. The second kappa shape index (κ2) is 3.34. The molecule has 2 aromatic heterocycles. The number of aromatic amines is 1. The van der Waals surface area contributed by atoms with E-state index in [-0.39, 0.29) is 5.78 Å². The van der Waals surface area contributed by atoms with Gasteiger partial charge >= 0.3 is 12.1 Å². The Labute approximate surface area is 90.3 Å². The van der Waals surface area contributed by atoms with Crippen molar-refractivity contribution in [2.45, 2.75) is 6.18 Å². The Bertz CT molecular complexity index is 655. The minimum absolute atomic E-state index is 0.368. The van der Waals surface area contributed by atoms with Gasteiger partial charge in [0, 0.05) is 12.4 Å². The number of aromatic nitrogens is 3. The first-order valence-electron chi connectivity index (χ1n) is 4.22. The zero-order valence-corrected chi connectivity index (χ0v) is 7.95. The van der Waals surface area contributed by atoms with Crippen molar-refractivity contribution < 1.29 is 23.1 Å². The van der Waals surface area contributed by atoms with Gasteiger partial charge in [-0.15, -0.1) is 0 Å². The number of fused-ring (bicyclic) bond motifs is 1. The minimum atomic E-state index is -4.97. The third kappa shape index (κ3) is 1.65. The fourth-order valence-corrected chi connectivity index (χ4v) is 1.37. The third-order valence-electron chi connectivity index (χ3n) is 2.06. The van der Waals surface area contributed by atoms with Crippen molar-refractivity contribution in [2.24, 2.45) is 0 Å². The van der Waals surface area contributed by atoms with Gasteiger partial charge in [-0.1, -0.05) is 0 Å². The van der Waals surface area contributed by atoms with Crippen LogP contribution in [0.3, 0.4) is 0 Å². The summed E-state index contributed by atoms with van der Waals surface area (Å²) in [6.45, 7) is 0. The fourth-order valence-electron chi connectivity index (χ4n) is 1.37. The van der Waals surface area contributed by atoms with E-state index in [0.717, 1.165) is 12.4 Å². The van der Waals surface area contributed by atoms with Gasteiger partial charge in [-0.2, -0.15) is 13.2 Å². The van der Waals surface area contributed by atoms with Crippen molar-refractivity contribution in [2.75, 3.05) is 0 Å². The zero-order valence-electron chi connectivity index (χ0n) is 7.95. The van der Waals surface area contributed by atoms with Gasteiger partial charge in [0.2, 0.25) is 5.78 Å². The van der Waals surface area contributed by atoms with Crippen LogP contribution in [0.4, 0.5) is 13.2 Å². The van der Waals surface area contributed by atoms with Gasteiger partial charge in [0.25, 0.3) is 5.56 Å². The van der Waals surface area contributed by atoms with Gasteiger partial charge in [-0.05, 0) is 0 Å². The molecule has 0 amide bonds. The molecule has 0 spiro atoms. The molecule has 0 saturated carbocycles. The molecule has 0 unspecified atom stereocenters. The fraction of sp³-hybridized carbons (Fsp3) is 0.125. The van der Waals surface area contributed by atoms with Crippen molar-refractivity contribution in [3.05, 3.63) is 34.0 Å². The summed E-state index contributed by atoms with van der Waals surface area (Å²) in [6.07, 6.45) is -2.82. The number of nitrogens with one attached hydrogen (secondary N) is 1. The Balaban J connectivity index is 2.95. The number of carbonyl (C=O) groups is 1. The van der Waals surface area contributed by atoms with Crippen LogP contribution in [0.2, 0.25) is 0 Å². The molecule has 0 saturated heterocycles. The smallest absolute Gasteiger partial charge is 0.432 e. The quantitative estimate of drug-likeness (QED) is 0.777. The molecule has 17 heavy (non-hydrogen) atoms. The van der Waals surface area contributed by atoms with Gasteiger partial charge < -0.3 is 10.1 Å². The number of hydrogen-bond acceptors (Lipinski definition) is 3. The van der Waals surface area contributed by atoms with Gasteiger partial charge in [-0.3, -0.25) is 9.20 Å². The Morgan fingerprint density at radius 1 is 1.47 bits per heavy atom. The van der Waals surface area contributed by atoms with Gasteiger partial charge in [-0.25, -0.2) is 9.78 Å². The van der Waals surface area contributed by atoms with E-state index in [1.807, 2.05) is 0 Å². The molecule has 2 heterocycles. The maximum atomic E-state index is 12.6. The molecule has 0 atom stereocenters. The van der Waals surface area contributed by atoms with Crippen LogP contribution in [0, 0.1) is 0 Å². The van der Waals surface area contributed by atoms with Crippen LogP contribution in [-0.4, -0.2) is 25.4 Å². The summed E-state index contributed by atoms with van der Waals surface area (Å²) in [5.41, 5.74) is -4.26. The maximum Gasteiger partial charge on any atom is 0.432 e. The minimum Gasteiger partial charge on any atom is -0.477 e. The van der Waals surface area contributed by atoms with Crippen LogP contribution in [0.1, 0.15) is 16.1 Å². The highest BCUT2D eigenvalue weighted by atomic mass is 19.4. The molecule has 2 N–H and O–H groups in total. The molecule has 0 aliphatic carbocycles. The lowest BCUT2D eigenvalue weighted by atomic mass is 10.2. The van der Waals surface area contributed by atoms with Crippen LogP contribution in [-0.2, 0) is 6.18 Å². The van der Waals surface area contributed by atoms with Crippen molar-refractivity contribution in [1.29, 1.82) is 0 Å². The van der Waals surface area contributed by atoms with Crippen molar-refractivity contribution in [1.82, 2.24) is 14.4 Å². The summed E-state index contributed by atoms with van der Waals surface area (Å²) in [5, 5.41) is 8.65. The SMILES string of the molecule is O=C(O)c1c(C(F)(F)F)[nH]c2nccn2c1=O. The lowest BCUT2D eigenvalue weighted by molar-refractivity contribution is -0.141. The number of alkyl halides is 3. The van der Waals surface area contributed by atoms with Crippen molar-refractivity contribution in [3.63, 3.8) is 0 Å². The number of aromatic carboxylic acids is 1. The molecule has 6 nitrogen and oxygen atoms in total. The largest absolute Gasteiger partial charge is 0.477 e. The van der Waals surface area contributed by atoms with E-state index in [1.54, 1.807) is 4.98 Å². The predicted molar refractivity (Wildman–Crippen MR) is 47.8 cm³/mol. The number of H-pyrrole nitrogens is 1. The number of imidazole rings is 1. The number of hydrogen-bond donors (Lipinski definition) is 2. The summed E-state index contributed by atoms with van der Waals surface area (Å²) >= 11 is 0. The van der Waals surface area contributed by atoms with Crippen LogP contribution in [0.5, 0.6) is 0 Å². The zero-order chi connectivity index (χ0) is 12.8. The normalized spacial score (nSPS) is 11.9. The van der Waals surface area contributed by atoms with Crippen molar-refractivity contribution >= 4 is 11.7 Å². The Morgan fingerprint density at radius 3 is 2.65 bits per heavy atom. The van der Waals surface area contributed by atoms with Crippen LogP contribution < -0.4 is 5.56 Å². The first-order valence-corrected chi connectivity index (χ1v) is 4.22. The Morgan fingerprint density at radius 2 is 2.12 bits per heavy atom. The summed E-state index contributed by atoms with van der Waals surface area (Å²) in [4.78, 5) is 27.5. The first kappa shape index (κ1) is 11.2. The van der Waals surface area contributed by atoms with E-state index in [0.29, 0.717) is 4.40 Å². The molecule has 0 aliphatic rings. The molecule has 0 radical (unpaired) electrons. The average Bonchev–Trinajstić information content (AvgIpc) is 2.63. The number of carboxylic acid groups (broad SMARTS) is 1. The van der Waals surface area contributed by atoms with E-state index < -0.39 is 29.0 Å². The predicted octanol–water partition coefficient (Wildman–Crippen LogP) is 0.740. The van der Waals surface area contributed by atoms with Crippen molar-refractivity contribution in [3.8, 4) is 0 Å². The topological polar surface area (TPSA) is 87.5 Å². The highest BCUT2D eigenvalue weighted by molar-refractivity contribution is 5.88. The summed E-state index contributed by atoms with van der Waals surface area (Å²) in [5.74, 6) is -2.32. The molecule has 90 valence electrons. The Hall–Kier alpha value is -2.32. The van der Waals surface area contributed by atoms with Crippen LogP contribution in [0.25, 0.3) is 5.78 Å². The number of carboxylic acids is 1. The molecule has 0 fully saturated rings. The second-order valence-electron chi connectivity index (χ2n) is 3.10. The average molecular weight is 247 g/mol. The standard InChI is InChI=1S/C8H4F3N3O3/c9-8(10,11)4-3(6(16)17)5(15)14-2-1-12-7(14)13-4/h1-2H,(H,12,13)(H,16,17). The molecule has 2 rings (SSSR count). The molecule has 0 bridgehead atoms. The van der Waals surface area contributed by atoms with E-state index in [1.165, 1.54) is 0 Å². The summed E-state index contributed by atoms with van der Waals surface area (Å²) < 4.78 is 38.4. The maximum absolute atomic E-state index is 12.6. The Kier molecular flexibility index (Phi) is 2.19. The molecule has 9 heteroatoms. The lowest BCUT2D eigenvalue weighted by Crippen LogP contribution is -2.28. The number of rotatable bonds is 1. The highest BCUT2D eigenvalue weighted by Crippen LogP contribution is 2.29. The van der Waals surface area contributed by atoms with E-state index >= 15 is 0 Å². The molecule has 0 aliphatic heterocycles. The monoisotopic (exact) mass is 247 g/mol. The number of halogens is 3. The second-order valence-corrected chi connectivity index (χ2v) is 3.10. The highest BCUT2D eigenvalue weighted by Gasteiger charge is 2.39. The molecular weight excluding hydrogens is 243 g/mol. The van der Waals surface area contributed by atoms with Gasteiger partial charge in [0.1, 0.15) is 5.69 Å². The molecule has 0 aromatic carbocycles. The van der Waals surface area contributed by atoms with E-state index in [2.05, 4.69) is 4.98 Å². The summed E-state index contributed by atoms with van der Waals surface area (Å²) in [6, 6.07) is 0. The van der Waals surface area contributed by atoms with E-state index in [4.69, 9.17) is 5.11 Å². The third-order valence-corrected chi connectivity index (χ3v) is 2.06. The van der Waals surface area contributed by atoms with E-state index in [9.17, 15) is 22.8 Å². The van der Waals surface area contributed by atoms with Gasteiger partial charge in [0.15, 0.2) is 5.56 Å². The lowest BCUT2D eigenvalue weighted by Gasteiger charge is -2.09. The molecular formula is C8H4F3N3O3. The molecule has 2 aromatic rings. The van der Waals surface area contributed by atoms with Crippen LogP contribution in [0.15, 0.2) is 17.2 Å². The van der Waals surface area contributed by atoms with Gasteiger partial charge in [0.05, 0.1) is 0 Å². The first-order chi connectivity index (χ1) is 7.82. The number of nitrogens with zero attached hydrogens (tertiary/aromatic N) is 2. The van der Waals surface area contributed by atoms with Crippen LogP contribution >= 0.6 is 0 Å².